The molecule has 0 aliphatic carbocycles. The van der Waals surface area contributed by atoms with Gasteiger partial charge in [-0.1, -0.05) is 13.0 Å². The highest BCUT2D eigenvalue weighted by Gasteiger charge is 2.29. The van der Waals surface area contributed by atoms with Crippen LogP contribution in [-0.2, 0) is 11.2 Å². The van der Waals surface area contributed by atoms with Gasteiger partial charge < -0.3 is 15.8 Å². The predicted molar refractivity (Wildman–Crippen MR) is 75.5 cm³/mol. The number of ether oxygens (including phenoxy) is 1. The summed E-state index contributed by atoms with van der Waals surface area (Å²) in [4.78, 5) is 4.13. The van der Waals surface area contributed by atoms with Crippen LogP contribution in [0.1, 0.15) is 32.8 Å². The predicted octanol–water partition coefficient (Wildman–Crippen LogP) is 2.00. The maximum atomic E-state index is 5.90. The topological polar surface area (TPSA) is 60.2 Å². The molecule has 0 aliphatic heterocycles. The van der Waals surface area contributed by atoms with Crippen LogP contribution in [0.3, 0.4) is 0 Å². The van der Waals surface area contributed by atoms with E-state index in [1.807, 2.05) is 12.1 Å². The molecule has 1 heterocycles. The van der Waals surface area contributed by atoms with Gasteiger partial charge in [-0.25, -0.2) is 4.98 Å². The third-order valence-corrected chi connectivity index (χ3v) is 3.36. The number of pyridine rings is 1. The minimum absolute atomic E-state index is 0.217. The van der Waals surface area contributed by atoms with E-state index < -0.39 is 0 Å². The van der Waals surface area contributed by atoms with Crippen LogP contribution in [0.25, 0.3) is 0 Å². The molecule has 0 aliphatic rings. The molecular formula is C14H25N3O. The second-order valence-corrected chi connectivity index (χ2v) is 5.07. The van der Waals surface area contributed by atoms with E-state index in [0.29, 0.717) is 5.82 Å². The monoisotopic (exact) mass is 251 g/mol. The highest BCUT2D eigenvalue weighted by molar-refractivity contribution is 5.39. The first kappa shape index (κ1) is 14.9. The minimum atomic E-state index is -0.239. The summed E-state index contributed by atoms with van der Waals surface area (Å²) >= 11 is 0. The number of nitrogens with two attached hydrogens (primary N) is 1. The molecule has 0 amide bonds. The summed E-state index contributed by atoms with van der Waals surface area (Å²) in [5.74, 6) is 0.604. The molecule has 102 valence electrons. The van der Waals surface area contributed by atoms with Crippen molar-refractivity contribution in [3.8, 4) is 0 Å². The van der Waals surface area contributed by atoms with E-state index in [4.69, 9.17) is 10.5 Å². The smallest absolute Gasteiger partial charge is 0.126 e. The van der Waals surface area contributed by atoms with Gasteiger partial charge >= 0.3 is 0 Å². The number of rotatable bonds is 7. The first-order chi connectivity index (χ1) is 8.51. The first-order valence-corrected chi connectivity index (χ1v) is 6.49. The van der Waals surface area contributed by atoms with E-state index in [1.165, 1.54) is 0 Å². The molecule has 1 unspecified atom stereocenters. The van der Waals surface area contributed by atoms with Gasteiger partial charge in [0, 0.05) is 19.3 Å². The molecule has 1 atom stereocenters. The molecule has 0 radical (unpaired) electrons. The lowest BCUT2D eigenvalue weighted by atomic mass is 9.92. The molecule has 3 N–H and O–H groups in total. The number of anilines is 1. The highest BCUT2D eigenvalue weighted by Crippen LogP contribution is 2.20. The zero-order chi connectivity index (χ0) is 13.6. The van der Waals surface area contributed by atoms with Gasteiger partial charge in [-0.15, -0.1) is 0 Å². The Kier molecular flexibility index (Phi) is 5.56. The van der Waals surface area contributed by atoms with Crippen LogP contribution in [0.15, 0.2) is 18.3 Å². The maximum absolute atomic E-state index is 5.90. The molecule has 0 fully saturated rings. The van der Waals surface area contributed by atoms with Gasteiger partial charge in [0.15, 0.2) is 0 Å². The van der Waals surface area contributed by atoms with Gasteiger partial charge in [-0.3, -0.25) is 0 Å². The maximum Gasteiger partial charge on any atom is 0.126 e. The summed E-state index contributed by atoms with van der Waals surface area (Å²) in [6, 6.07) is 4.16. The summed E-state index contributed by atoms with van der Waals surface area (Å²) in [5, 5.41) is 3.53. The van der Waals surface area contributed by atoms with Gasteiger partial charge in [0.1, 0.15) is 5.82 Å². The molecule has 1 rings (SSSR count). The van der Waals surface area contributed by atoms with Crippen molar-refractivity contribution in [1.29, 1.82) is 0 Å². The van der Waals surface area contributed by atoms with Crippen LogP contribution in [-0.4, -0.2) is 30.3 Å². The number of nitrogens with one attached hydrogen (secondary N) is 1. The van der Waals surface area contributed by atoms with Crippen molar-refractivity contribution in [2.45, 2.75) is 45.3 Å². The number of hydrogen-bond donors (Lipinski definition) is 2. The molecule has 1 aromatic heterocycles. The van der Waals surface area contributed by atoms with Crippen molar-refractivity contribution < 1.29 is 4.74 Å². The van der Waals surface area contributed by atoms with Crippen molar-refractivity contribution in [3.63, 3.8) is 0 Å². The van der Waals surface area contributed by atoms with Crippen molar-refractivity contribution in [1.82, 2.24) is 10.3 Å². The quantitative estimate of drug-likeness (QED) is 0.778. The standard InChI is InChI=1S/C14H25N3O/c1-5-8-16-12(14(2,3)18-4)10-11-7-6-9-17-13(11)15/h6-7,9,12,16H,5,8,10H2,1-4H3,(H2,15,17). The van der Waals surface area contributed by atoms with E-state index in [9.17, 15) is 0 Å². The Morgan fingerprint density at radius 2 is 2.22 bits per heavy atom. The largest absolute Gasteiger partial charge is 0.383 e. The Balaban J connectivity index is 2.81. The fourth-order valence-corrected chi connectivity index (χ4v) is 1.87. The molecule has 0 bridgehead atoms. The third kappa shape index (κ3) is 3.96. The van der Waals surface area contributed by atoms with Gasteiger partial charge in [-0.2, -0.15) is 0 Å². The van der Waals surface area contributed by atoms with Crippen molar-refractivity contribution >= 4 is 5.82 Å². The van der Waals surface area contributed by atoms with Crippen LogP contribution in [0, 0.1) is 0 Å². The van der Waals surface area contributed by atoms with Crippen molar-refractivity contribution in [3.05, 3.63) is 23.9 Å². The molecule has 0 saturated heterocycles. The molecular weight excluding hydrogens is 226 g/mol. The zero-order valence-electron chi connectivity index (χ0n) is 11.9. The van der Waals surface area contributed by atoms with E-state index >= 15 is 0 Å². The highest BCUT2D eigenvalue weighted by atomic mass is 16.5. The van der Waals surface area contributed by atoms with Crippen LogP contribution in [0.2, 0.25) is 0 Å². The van der Waals surface area contributed by atoms with Crippen LogP contribution >= 0.6 is 0 Å². The Morgan fingerprint density at radius 1 is 1.50 bits per heavy atom. The second kappa shape index (κ2) is 6.71. The van der Waals surface area contributed by atoms with E-state index in [1.54, 1.807) is 13.3 Å². The molecule has 4 nitrogen and oxygen atoms in total. The van der Waals surface area contributed by atoms with Crippen LogP contribution in [0.5, 0.6) is 0 Å². The first-order valence-electron chi connectivity index (χ1n) is 6.49. The SMILES string of the molecule is CCCNC(Cc1cccnc1N)C(C)(C)OC. The molecule has 1 aromatic rings. The number of methoxy groups -OCH3 is 1. The third-order valence-electron chi connectivity index (χ3n) is 3.36. The lowest BCUT2D eigenvalue weighted by molar-refractivity contribution is -0.00994. The number of nitrogen functional groups attached to an aromatic ring is 1. The molecule has 0 spiro atoms. The van der Waals surface area contributed by atoms with E-state index in [2.05, 4.69) is 31.1 Å². The molecule has 18 heavy (non-hydrogen) atoms. The number of hydrogen-bond acceptors (Lipinski definition) is 4. The fourth-order valence-electron chi connectivity index (χ4n) is 1.87. The summed E-state index contributed by atoms with van der Waals surface area (Å²) < 4.78 is 5.59. The molecule has 0 aromatic carbocycles. The van der Waals surface area contributed by atoms with Gasteiger partial charge in [0.2, 0.25) is 0 Å². The average molecular weight is 251 g/mol. The Labute approximate surface area is 110 Å². The summed E-state index contributed by atoms with van der Waals surface area (Å²) in [5.41, 5.74) is 6.73. The second-order valence-electron chi connectivity index (χ2n) is 5.07. The average Bonchev–Trinajstić information content (AvgIpc) is 2.36. The van der Waals surface area contributed by atoms with Crippen LogP contribution < -0.4 is 11.1 Å². The minimum Gasteiger partial charge on any atom is -0.383 e. The Bertz CT molecular complexity index is 366. The lowest BCUT2D eigenvalue weighted by Gasteiger charge is -2.34. The summed E-state index contributed by atoms with van der Waals surface area (Å²) in [7, 11) is 1.74. The van der Waals surface area contributed by atoms with E-state index in [0.717, 1.165) is 24.9 Å². The summed E-state index contributed by atoms with van der Waals surface area (Å²) in [6.07, 6.45) is 3.63. The van der Waals surface area contributed by atoms with Gasteiger partial charge in [0.25, 0.3) is 0 Å². The lowest BCUT2D eigenvalue weighted by Crippen LogP contribution is -2.49. The molecule has 0 saturated carbocycles. The van der Waals surface area contributed by atoms with Gasteiger partial charge in [-0.05, 0) is 44.9 Å². The molecule has 4 heteroatoms. The Hall–Kier alpha value is -1.13. The van der Waals surface area contributed by atoms with Crippen molar-refractivity contribution in [2.75, 3.05) is 19.4 Å². The van der Waals surface area contributed by atoms with Gasteiger partial charge in [0.05, 0.1) is 5.60 Å². The van der Waals surface area contributed by atoms with Crippen LogP contribution in [0.4, 0.5) is 5.82 Å². The number of nitrogens with zero attached hydrogens (tertiary/aromatic N) is 1. The van der Waals surface area contributed by atoms with Crippen molar-refractivity contribution in [2.24, 2.45) is 0 Å². The zero-order valence-corrected chi connectivity index (χ0v) is 11.9. The fraction of sp³-hybridized carbons (Fsp3) is 0.643. The Morgan fingerprint density at radius 3 is 2.78 bits per heavy atom. The normalized spacial score (nSPS) is 13.6. The van der Waals surface area contributed by atoms with E-state index in [-0.39, 0.29) is 11.6 Å². The summed E-state index contributed by atoms with van der Waals surface area (Å²) in [6.45, 7) is 7.31. The number of aromatic nitrogens is 1.